The molecule has 3 rings (SSSR count). The number of carbonyl (C=O) groups excluding carboxylic acids is 2. The third-order valence-electron chi connectivity index (χ3n) is 3.38. The Morgan fingerprint density at radius 1 is 1.00 bits per heavy atom. The summed E-state index contributed by atoms with van der Waals surface area (Å²) in [7, 11) is 0. The predicted octanol–water partition coefficient (Wildman–Crippen LogP) is 3.57. The molecule has 0 atom stereocenters. The number of nitrogens with one attached hydrogen (secondary N) is 2. The topological polar surface area (TPSA) is 71.3 Å². The summed E-state index contributed by atoms with van der Waals surface area (Å²) in [5.74, 6) is -0.296. The van der Waals surface area contributed by atoms with Crippen molar-refractivity contribution in [3.63, 3.8) is 0 Å². The fraction of sp³-hybridized carbons (Fsp3) is 0.111. The lowest BCUT2D eigenvalue weighted by atomic mass is 10.1. The first-order chi connectivity index (χ1) is 11.1. The van der Waals surface area contributed by atoms with Crippen molar-refractivity contribution in [3.05, 3.63) is 60.4 Å². The van der Waals surface area contributed by atoms with Gasteiger partial charge in [-0.05, 0) is 24.3 Å². The molecule has 116 valence electrons. The minimum Gasteiger partial charge on any atom is -0.464 e. The molecule has 2 aromatic carbocycles. The molecule has 0 radical (unpaired) electrons. The molecule has 0 unspecified atom stereocenters. The third kappa shape index (κ3) is 3.58. The van der Waals surface area contributed by atoms with Crippen LogP contribution in [0.2, 0.25) is 0 Å². The molecule has 0 aliphatic rings. The molecule has 2 amide bonds. The summed E-state index contributed by atoms with van der Waals surface area (Å²) in [6.45, 7) is 1.44. The molecule has 0 saturated carbocycles. The van der Waals surface area contributed by atoms with Crippen LogP contribution in [0.1, 0.15) is 12.5 Å². The Hall–Kier alpha value is -3.08. The lowest BCUT2D eigenvalue weighted by Gasteiger charge is -2.07. The molecule has 5 heteroatoms. The molecular weight excluding hydrogens is 292 g/mol. The summed E-state index contributed by atoms with van der Waals surface area (Å²) < 4.78 is 5.44. The van der Waals surface area contributed by atoms with Gasteiger partial charge in [0.05, 0.1) is 12.7 Å². The van der Waals surface area contributed by atoms with Crippen LogP contribution < -0.4 is 10.6 Å². The number of fused-ring (bicyclic) bond motifs is 1. The van der Waals surface area contributed by atoms with Gasteiger partial charge in [0, 0.05) is 29.2 Å². The minimum atomic E-state index is -0.154. The lowest BCUT2D eigenvalue weighted by Crippen LogP contribution is -2.14. The molecule has 0 aliphatic heterocycles. The monoisotopic (exact) mass is 308 g/mol. The largest absolute Gasteiger partial charge is 0.464 e. The Balaban J connectivity index is 1.71. The molecule has 3 aromatic rings. The molecule has 1 aromatic heterocycles. The Bertz CT molecular complexity index is 867. The van der Waals surface area contributed by atoms with Crippen molar-refractivity contribution in [2.45, 2.75) is 13.3 Å². The normalized spacial score (nSPS) is 10.5. The maximum Gasteiger partial charge on any atom is 0.228 e. The van der Waals surface area contributed by atoms with Gasteiger partial charge in [-0.15, -0.1) is 0 Å². The van der Waals surface area contributed by atoms with Gasteiger partial charge in [0.2, 0.25) is 11.8 Å². The Morgan fingerprint density at radius 3 is 2.52 bits per heavy atom. The van der Waals surface area contributed by atoms with Crippen LogP contribution in [-0.4, -0.2) is 11.8 Å². The van der Waals surface area contributed by atoms with E-state index in [2.05, 4.69) is 10.6 Å². The number of rotatable bonds is 4. The fourth-order valence-electron chi connectivity index (χ4n) is 2.43. The van der Waals surface area contributed by atoms with E-state index in [1.165, 1.54) is 6.92 Å². The van der Waals surface area contributed by atoms with Crippen molar-refractivity contribution in [1.82, 2.24) is 0 Å². The van der Waals surface area contributed by atoms with Crippen molar-refractivity contribution < 1.29 is 14.0 Å². The van der Waals surface area contributed by atoms with Crippen LogP contribution in [0.3, 0.4) is 0 Å². The number of anilines is 2. The highest BCUT2D eigenvalue weighted by molar-refractivity contribution is 5.96. The number of amides is 2. The molecule has 5 nitrogen and oxygen atoms in total. The van der Waals surface area contributed by atoms with Crippen molar-refractivity contribution in [2.75, 3.05) is 10.6 Å². The molecule has 0 saturated heterocycles. The first-order valence-electron chi connectivity index (χ1n) is 7.24. The van der Waals surface area contributed by atoms with Gasteiger partial charge in [0.15, 0.2) is 0 Å². The van der Waals surface area contributed by atoms with Crippen LogP contribution >= 0.6 is 0 Å². The number of para-hydroxylation sites is 1. The van der Waals surface area contributed by atoms with Gasteiger partial charge >= 0.3 is 0 Å². The van der Waals surface area contributed by atoms with Crippen molar-refractivity contribution in [3.8, 4) is 0 Å². The van der Waals surface area contributed by atoms with E-state index >= 15 is 0 Å². The second-order valence-electron chi connectivity index (χ2n) is 5.24. The van der Waals surface area contributed by atoms with E-state index in [0.717, 1.165) is 16.5 Å². The number of hydrogen-bond donors (Lipinski definition) is 2. The quantitative estimate of drug-likeness (QED) is 0.774. The van der Waals surface area contributed by atoms with Crippen LogP contribution in [0.4, 0.5) is 11.4 Å². The van der Waals surface area contributed by atoms with Gasteiger partial charge in [0.25, 0.3) is 0 Å². The smallest absolute Gasteiger partial charge is 0.228 e. The highest BCUT2D eigenvalue weighted by Gasteiger charge is 2.10. The average molecular weight is 308 g/mol. The van der Waals surface area contributed by atoms with Gasteiger partial charge < -0.3 is 15.1 Å². The highest BCUT2D eigenvalue weighted by atomic mass is 16.3. The van der Waals surface area contributed by atoms with Crippen LogP contribution in [0.5, 0.6) is 0 Å². The fourth-order valence-corrected chi connectivity index (χ4v) is 2.43. The number of carbonyl (C=O) groups is 2. The van der Waals surface area contributed by atoms with Crippen molar-refractivity contribution >= 4 is 34.2 Å². The molecular formula is C18H16N2O3. The minimum absolute atomic E-state index is 0.142. The molecule has 0 bridgehead atoms. The molecule has 0 aliphatic carbocycles. The van der Waals surface area contributed by atoms with Crippen LogP contribution in [-0.2, 0) is 16.0 Å². The van der Waals surface area contributed by atoms with Crippen molar-refractivity contribution in [1.29, 1.82) is 0 Å². The summed E-state index contributed by atoms with van der Waals surface area (Å²) in [4.78, 5) is 23.3. The standard InChI is InChI=1S/C18H16N2O3/c1-12(21)19-14-5-4-6-15(10-14)20-18(22)9-13-11-23-17-8-3-2-7-16(13)17/h2-8,10-11H,9H2,1H3,(H,19,21)(H,20,22). The van der Waals surface area contributed by atoms with E-state index in [1.807, 2.05) is 24.3 Å². The SMILES string of the molecule is CC(=O)Nc1cccc(NC(=O)Cc2coc3ccccc23)c1. The zero-order valence-electron chi connectivity index (χ0n) is 12.6. The van der Waals surface area contributed by atoms with Crippen LogP contribution in [0, 0.1) is 0 Å². The molecule has 0 fully saturated rings. The van der Waals surface area contributed by atoms with Gasteiger partial charge in [-0.1, -0.05) is 24.3 Å². The molecule has 23 heavy (non-hydrogen) atoms. The summed E-state index contributed by atoms with van der Waals surface area (Å²) >= 11 is 0. The van der Waals surface area contributed by atoms with Gasteiger partial charge in [0.1, 0.15) is 5.58 Å². The first-order valence-corrected chi connectivity index (χ1v) is 7.24. The predicted molar refractivity (Wildman–Crippen MR) is 89.3 cm³/mol. The summed E-state index contributed by atoms with van der Waals surface area (Å²) in [5, 5.41) is 6.45. The van der Waals surface area contributed by atoms with E-state index in [1.54, 1.807) is 30.5 Å². The Kier molecular flexibility index (Phi) is 4.10. The van der Waals surface area contributed by atoms with Crippen LogP contribution in [0.15, 0.2) is 59.2 Å². The summed E-state index contributed by atoms with van der Waals surface area (Å²) in [5.41, 5.74) is 2.89. The molecule has 0 spiro atoms. The molecule has 2 N–H and O–H groups in total. The van der Waals surface area contributed by atoms with E-state index in [-0.39, 0.29) is 18.2 Å². The maximum absolute atomic E-state index is 12.2. The zero-order valence-corrected chi connectivity index (χ0v) is 12.6. The second-order valence-corrected chi connectivity index (χ2v) is 5.24. The van der Waals surface area contributed by atoms with E-state index in [9.17, 15) is 9.59 Å². The van der Waals surface area contributed by atoms with Crippen LogP contribution in [0.25, 0.3) is 11.0 Å². The van der Waals surface area contributed by atoms with E-state index in [4.69, 9.17) is 4.42 Å². The Labute approximate surface area is 133 Å². The van der Waals surface area contributed by atoms with Gasteiger partial charge in [-0.25, -0.2) is 0 Å². The first kappa shape index (κ1) is 14.8. The van der Waals surface area contributed by atoms with Gasteiger partial charge in [-0.3, -0.25) is 9.59 Å². The Morgan fingerprint density at radius 2 is 1.74 bits per heavy atom. The molecule has 1 heterocycles. The second kappa shape index (κ2) is 6.36. The maximum atomic E-state index is 12.2. The number of furan rings is 1. The lowest BCUT2D eigenvalue weighted by molar-refractivity contribution is -0.115. The van der Waals surface area contributed by atoms with E-state index in [0.29, 0.717) is 11.4 Å². The highest BCUT2D eigenvalue weighted by Crippen LogP contribution is 2.22. The average Bonchev–Trinajstić information content (AvgIpc) is 2.90. The third-order valence-corrected chi connectivity index (χ3v) is 3.38. The van der Waals surface area contributed by atoms with Crippen molar-refractivity contribution in [2.24, 2.45) is 0 Å². The zero-order chi connectivity index (χ0) is 16.2. The number of hydrogen-bond acceptors (Lipinski definition) is 3. The van der Waals surface area contributed by atoms with Gasteiger partial charge in [-0.2, -0.15) is 0 Å². The van der Waals surface area contributed by atoms with E-state index < -0.39 is 0 Å². The summed E-state index contributed by atoms with van der Waals surface area (Å²) in [6, 6.07) is 14.6. The number of benzene rings is 2. The summed E-state index contributed by atoms with van der Waals surface area (Å²) in [6.07, 6.45) is 1.83.